The van der Waals surface area contributed by atoms with E-state index in [-0.39, 0.29) is 35.3 Å². The minimum Gasteiger partial charge on any atom is -0.394 e. The molecule has 3 aromatic carbocycles. The first-order chi connectivity index (χ1) is 20.9. The van der Waals surface area contributed by atoms with E-state index in [2.05, 4.69) is 40.9 Å². The number of aromatic nitrogens is 7. The van der Waals surface area contributed by atoms with Crippen LogP contribution in [0, 0.1) is 0 Å². The molecule has 7 rings (SSSR count). The maximum absolute atomic E-state index is 13.1. The van der Waals surface area contributed by atoms with Crippen LogP contribution in [0.2, 0.25) is 0 Å². The number of nitrogens with two attached hydrogens (primary N) is 1. The van der Waals surface area contributed by atoms with E-state index < -0.39 is 22.7 Å². The zero-order valence-electron chi connectivity index (χ0n) is 22.4. The second kappa shape index (κ2) is 10.1. The largest absolute Gasteiger partial charge is 0.394 e. The van der Waals surface area contributed by atoms with Crippen molar-refractivity contribution in [3.05, 3.63) is 110 Å². The van der Waals surface area contributed by atoms with Crippen LogP contribution in [0.3, 0.4) is 0 Å². The third-order valence-electron chi connectivity index (χ3n) is 7.52. The molecule has 2 amide bonds. The molecule has 6 aromatic rings. The number of fused-ring (bicyclic) bond motifs is 2. The highest BCUT2D eigenvalue weighted by atomic mass is 16.2. The molecule has 1 atom stereocenters. The van der Waals surface area contributed by atoms with Crippen LogP contribution < -0.4 is 27.2 Å². The molecule has 0 unspecified atom stereocenters. The average molecular weight is 575 g/mol. The summed E-state index contributed by atoms with van der Waals surface area (Å²) in [5.41, 5.74) is 8.68. The molecule has 3 aromatic heterocycles. The molecule has 5 N–H and O–H groups in total. The molecule has 14 nitrogen and oxygen atoms in total. The molecule has 0 saturated carbocycles. The van der Waals surface area contributed by atoms with Gasteiger partial charge < -0.3 is 16.4 Å². The fourth-order valence-electron chi connectivity index (χ4n) is 5.28. The van der Waals surface area contributed by atoms with E-state index in [9.17, 15) is 19.2 Å². The second-order valence-corrected chi connectivity index (χ2v) is 10.2. The van der Waals surface area contributed by atoms with Crippen LogP contribution in [0.25, 0.3) is 28.0 Å². The number of H-pyrrole nitrogens is 1. The lowest BCUT2D eigenvalue weighted by molar-refractivity contribution is 0.0931. The van der Waals surface area contributed by atoms with E-state index in [1.54, 1.807) is 24.4 Å². The van der Waals surface area contributed by atoms with E-state index in [1.165, 1.54) is 23.4 Å². The number of hydrogen-bond acceptors (Lipinski definition) is 10. The Morgan fingerprint density at radius 3 is 2.60 bits per heavy atom. The predicted molar refractivity (Wildman–Crippen MR) is 154 cm³/mol. The van der Waals surface area contributed by atoms with Gasteiger partial charge in [-0.15, -0.1) is 0 Å². The van der Waals surface area contributed by atoms with Crippen LogP contribution in [-0.4, -0.2) is 46.7 Å². The zero-order valence-corrected chi connectivity index (χ0v) is 22.4. The standard InChI is InChI=1S/C29H22N10O4/c30-23-24(26(41)25(23)40)39-11-17-2-1-14(7-20(17)38-39)10-31-28(42)21-9-22(33-12-32-21)29(43)36-19-6-4-15-8-16(3-5-18(15)19)27-34-13-35-37-27/h1-3,5,7-9,11-13,19H,4,6,10,30H2,(H,31,42)(H,36,43)(H,34,35,37)/t19-/m0/s1. The number of aryl methyl sites for hydroxylation is 1. The summed E-state index contributed by atoms with van der Waals surface area (Å²) in [6.07, 6.45) is 5.79. The number of nitrogens with zero attached hydrogens (tertiary/aromatic N) is 6. The van der Waals surface area contributed by atoms with Crippen LogP contribution in [0.15, 0.2) is 70.9 Å². The summed E-state index contributed by atoms with van der Waals surface area (Å²) in [6, 6.07) is 12.5. The van der Waals surface area contributed by atoms with Gasteiger partial charge in [0.2, 0.25) is 0 Å². The molecule has 1 aliphatic carbocycles. The molecule has 0 aliphatic heterocycles. The first-order valence-corrected chi connectivity index (χ1v) is 13.3. The van der Waals surface area contributed by atoms with E-state index >= 15 is 0 Å². The molecule has 1 aliphatic rings. The zero-order chi connectivity index (χ0) is 29.7. The van der Waals surface area contributed by atoms with Crippen molar-refractivity contribution in [2.75, 3.05) is 5.73 Å². The topological polar surface area (TPSA) is 204 Å². The van der Waals surface area contributed by atoms with Crippen molar-refractivity contribution < 1.29 is 9.59 Å². The Morgan fingerprint density at radius 1 is 0.977 bits per heavy atom. The Balaban J connectivity index is 1.00. The first kappa shape index (κ1) is 25.9. The number of nitrogen functional groups attached to an aromatic ring is 1. The molecule has 43 heavy (non-hydrogen) atoms. The molecule has 0 spiro atoms. The summed E-state index contributed by atoms with van der Waals surface area (Å²) in [7, 11) is 0. The van der Waals surface area contributed by atoms with Crippen molar-refractivity contribution >= 4 is 28.4 Å². The van der Waals surface area contributed by atoms with E-state index in [0.717, 1.165) is 40.5 Å². The maximum Gasteiger partial charge on any atom is 0.270 e. The van der Waals surface area contributed by atoms with Gasteiger partial charge in [0.05, 0.1) is 11.6 Å². The molecule has 212 valence electrons. The highest BCUT2D eigenvalue weighted by molar-refractivity contribution is 5.97. The Morgan fingerprint density at radius 2 is 1.81 bits per heavy atom. The molecule has 3 heterocycles. The van der Waals surface area contributed by atoms with Crippen molar-refractivity contribution in [3.8, 4) is 17.1 Å². The SMILES string of the molecule is Nc1c(-n2cc3ccc(CNC(=O)c4cc(C(=O)N[C@H]5CCc6cc(-c7ncn[nH]7)ccc65)ncn4)cc3n2)c(=O)c1=O. The molecular weight excluding hydrogens is 552 g/mol. The Labute approximate surface area is 241 Å². The van der Waals surface area contributed by atoms with Crippen LogP contribution in [0.5, 0.6) is 0 Å². The third kappa shape index (κ3) is 4.60. The third-order valence-corrected chi connectivity index (χ3v) is 7.52. The molecule has 14 heteroatoms. The van der Waals surface area contributed by atoms with Crippen LogP contribution in [-0.2, 0) is 13.0 Å². The number of anilines is 1. The summed E-state index contributed by atoms with van der Waals surface area (Å²) >= 11 is 0. The number of aromatic amines is 1. The van der Waals surface area contributed by atoms with Gasteiger partial charge in [0, 0.05) is 29.8 Å². The van der Waals surface area contributed by atoms with Crippen molar-refractivity contribution in [2.24, 2.45) is 0 Å². The molecule has 0 fully saturated rings. The van der Waals surface area contributed by atoms with Gasteiger partial charge in [0.1, 0.15) is 35.4 Å². The number of rotatable bonds is 7. The van der Waals surface area contributed by atoms with Gasteiger partial charge in [-0.3, -0.25) is 24.3 Å². The summed E-state index contributed by atoms with van der Waals surface area (Å²) in [4.78, 5) is 61.5. The predicted octanol–water partition coefficient (Wildman–Crippen LogP) is 1.13. The van der Waals surface area contributed by atoms with E-state index in [1.807, 2.05) is 18.2 Å². The van der Waals surface area contributed by atoms with Gasteiger partial charge in [0.25, 0.3) is 22.7 Å². The smallest absolute Gasteiger partial charge is 0.270 e. The van der Waals surface area contributed by atoms with Gasteiger partial charge in [-0.1, -0.05) is 24.3 Å². The van der Waals surface area contributed by atoms with Crippen molar-refractivity contribution in [1.29, 1.82) is 0 Å². The van der Waals surface area contributed by atoms with Crippen LogP contribution in [0.4, 0.5) is 5.69 Å². The highest BCUT2D eigenvalue weighted by Crippen LogP contribution is 2.33. The average Bonchev–Trinajstić information content (AvgIpc) is 3.80. The van der Waals surface area contributed by atoms with Gasteiger partial charge in [0.15, 0.2) is 5.82 Å². The van der Waals surface area contributed by atoms with Crippen molar-refractivity contribution in [1.82, 2.24) is 45.6 Å². The van der Waals surface area contributed by atoms with Gasteiger partial charge in [-0.2, -0.15) is 10.2 Å². The van der Waals surface area contributed by atoms with Gasteiger partial charge >= 0.3 is 0 Å². The van der Waals surface area contributed by atoms with E-state index in [4.69, 9.17) is 5.73 Å². The minimum atomic E-state index is -0.717. The maximum atomic E-state index is 13.1. The Bertz CT molecular complexity index is 2130. The number of carbonyl (C=O) groups excluding carboxylic acids is 2. The fourth-order valence-corrected chi connectivity index (χ4v) is 5.28. The van der Waals surface area contributed by atoms with Crippen LogP contribution in [0.1, 0.15) is 50.1 Å². The molecule has 0 saturated heterocycles. The van der Waals surface area contributed by atoms with E-state index in [0.29, 0.717) is 11.3 Å². The monoisotopic (exact) mass is 574 g/mol. The highest BCUT2D eigenvalue weighted by Gasteiger charge is 2.26. The lowest BCUT2D eigenvalue weighted by Gasteiger charge is -2.14. The van der Waals surface area contributed by atoms with Crippen molar-refractivity contribution in [3.63, 3.8) is 0 Å². The summed E-state index contributed by atoms with van der Waals surface area (Å²) in [5, 5.41) is 17.6. The normalized spacial score (nSPS) is 14.2. The second-order valence-electron chi connectivity index (χ2n) is 10.2. The summed E-state index contributed by atoms with van der Waals surface area (Å²) in [6.45, 7) is 0.157. The number of benzene rings is 2. The Hall–Kier alpha value is -6.05. The van der Waals surface area contributed by atoms with Gasteiger partial charge in [-0.25, -0.2) is 19.6 Å². The quantitative estimate of drug-likeness (QED) is 0.200. The summed E-state index contributed by atoms with van der Waals surface area (Å²) in [5.74, 6) is -0.205. The van der Waals surface area contributed by atoms with Crippen LogP contribution >= 0.6 is 0 Å². The number of amides is 2. The molecular formula is C29H22N10O4. The Kier molecular flexibility index (Phi) is 6.08. The summed E-state index contributed by atoms with van der Waals surface area (Å²) < 4.78 is 1.29. The molecule has 0 radical (unpaired) electrons. The number of carbonyl (C=O) groups is 2. The number of nitrogens with one attached hydrogen (secondary N) is 3. The van der Waals surface area contributed by atoms with Gasteiger partial charge in [-0.05, 0) is 41.7 Å². The number of hydrogen-bond donors (Lipinski definition) is 4. The lowest BCUT2D eigenvalue weighted by atomic mass is 10.0. The van der Waals surface area contributed by atoms with Crippen molar-refractivity contribution in [2.45, 2.75) is 25.4 Å². The lowest BCUT2D eigenvalue weighted by Crippen LogP contribution is -2.38. The first-order valence-electron chi connectivity index (χ1n) is 13.3. The minimum absolute atomic E-state index is 0.0459. The molecule has 0 bridgehead atoms. The fraction of sp³-hybridized carbons (Fsp3) is 0.138.